The number of aromatic nitrogens is 1. The van der Waals surface area contributed by atoms with Gasteiger partial charge < -0.3 is 23.7 Å². The van der Waals surface area contributed by atoms with Gasteiger partial charge in [-0.05, 0) is 54.5 Å². The van der Waals surface area contributed by atoms with Crippen molar-refractivity contribution >= 4 is 30.3 Å². The summed E-state index contributed by atoms with van der Waals surface area (Å²) in [6.45, 7) is 14.4. The molecule has 0 aliphatic carbocycles. The van der Waals surface area contributed by atoms with Gasteiger partial charge in [-0.1, -0.05) is 11.6 Å². The summed E-state index contributed by atoms with van der Waals surface area (Å²) in [5.74, 6) is 0.329. The quantitative estimate of drug-likeness (QED) is 0.713. The Labute approximate surface area is 171 Å². The SMILES string of the molecule is CC(C)(C)OC(=O)N1CC(Oc2ncc(B3OC(C)(C)C(C)(C)O3)cc2Cl)C1. The van der Waals surface area contributed by atoms with E-state index in [1.54, 1.807) is 17.2 Å². The lowest BCUT2D eigenvalue weighted by Crippen LogP contribution is -2.57. The Morgan fingerprint density at radius 1 is 1.25 bits per heavy atom. The van der Waals surface area contributed by atoms with Crippen LogP contribution in [0.4, 0.5) is 4.79 Å². The first-order valence-corrected chi connectivity index (χ1v) is 9.81. The Morgan fingerprint density at radius 2 is 1.82 bits per heavy atom. The van der Waals surface area contributed by atoms with Crippen LogP contribution in [-0.4, -0.2) is 59.1 Å². The van der Waals surface area contributed by atoms with Crippen molar-refractivity contribution in [3.8, 4) is 5.88 Å². The number of pyridine rings is 1. The summed E-state index contributed by atoms with van der Waals surface area (Å²) in [5.41, 5.74) is -0.649. The lowest BCUT2D eigenvalue weighted by Gasteiger charge is -2.39. The summed E-state index contributed by atoms with van der Waals surface area (Å²) in [4.78, 5) is 17.9. The third-order valence-electron chi connectivity index (χ3n) is 5.13. The minimum atomic E-state index is -0.532. The van der Waals surface area contributed by atoms with Gasteiger partial charge in [0.05, 0.1) is 24.3 Å². The molecular weight excluding hydrogens is 382 g/mol. The second-order valence-electron chi connectivity index (χ2n) is 9.27. The van der Waals surface area contributed by atoms with Crippen LogP contribution in [0.1, 0.15) is 48.5 Å². The summed E-state index contributed by atoms with van der Waals surface area (Å²) in [6.07, 6.45) is 1.14. The molecule has 3 rings (SSSR count). The van der Waals surface area contributed by atoms with Crippen LogP contribution in [0.2, 0.25) is 5.02 Å². The van der Waals surface area contributed by atoms with E-state index in [0.29, 0.717) is 24.0 Å². The molecule has 28 heavy (non-hydrogen) atoms. The molecule has 0 radical (unpaired) electrons. The topological polar surface area (TPSA) is 70.1 Å². The molecule has 7 nitrogen and oxygen atoms in total. The molecule has 1 amide bonds. The molecule has 9 heteroatoms. The van der Waals surface area contributed by atoms with E-state index < -0.39 is 23.9 Å². The zero-order chi connectivity index (χ0) is 20.9. The molecule has 2 saturated heterocycles. The zero-order valence-electron chi connectivity index (χ0n) is 17.5. The van der Waals surface area contributed by atoms with Crippen LogP contribution in [0.15, 0.2) is 12.3 Å². The molecule has 0 aromatic carbocycles. The maximum absolute atomic E-state index is 12.0. The fourth-order valence-electron chi connectivity index (χ4n) is 2.78. The van der Waals surface area contributed by atoms with Crippen LogP contribution in [-0.2, 0) is 14.0 Å². The second-order valence-corrected chi connectivity index (χ2v) is 9.68. The van der Waals surface area contributed by atoms with Crippen molar-refractivity contribution in [1.29, 1.82) is 0 Å². The first-order valence-electron chi connectivity index (χ1n) is 9.43. The van der Waals surface area contributed by atoms with Crippen molar-refractivity contribution in [3.63, 3.8) is 0 Å². The molecule has 2 fully saturated rings. The number of nitrogens with zero attached hydrogens (tertiary/aromatic N) is 2. The normalized spacial score (nSPS) is 21.4. The van der Waals surface area contributed by atoms with Crippen LogP contribution in [0, 0.1) is 0 Å². The highest BCUT2D eigenvalue weighted by atomic mass is 35.5. The second kappa shape index (κ2) is 7.08. The molecule has 154 valence electrons. The summed E-state index contributed by atoms with van der Waals surface area (Å²) in [7, 11) is -0.532. The molecular formula is C19H28BClN2O5. The highest BCUT2D eigenvalue weighted by molar-refractivity contribution is 6.62. The van der Waals surface area contributed by atoms with Gasteiger partial charge in [0.1, 0.15) is 16.7 Å². The smallest absolute Gasteiger partial charge is 0.470 e. The predicted octanol–water partition coefficient (Wildman–Crippen LogP) is 3.03. The van der Waals surface area contributed by atoms with Gasteiger partial charge in [-0.15, -0.1) is 0 Å². The molecule has 0 saturated carbocycles. The van der Waals surface area contributed by atoms with Crippen LogP contribution in [0.5, 0.6) is 5.88 Å². The van der Waals surface area contributed by atoms with E-state index in [9.17, 15) is 4.79 Å². The standard InChI is InChI=1S/C19H28BClN2O5/c1-17(2,3)26-16(24)23-10-13(11-23)25-15-14(21)8-12(9-22-15)20-27-18(4,5)19(6,7)28-20/h8-9,13H,10-11H2,1-7H3. The third-order valence-corrected chi connectivity index (χ3v) is 5.40. The summed E-state index contributed by atoms with van der Waals surface area (Å²) >= 11 is 6.36. The fourth-order valence-corrected chi connectivity index (χ4v) is 3.00. The molecule has 1 aromatic heterocycles. The highest BCUT2D eigenvalue weighted by Gasteiger charge is 2.52. The molecule has 1 aromatic rings. The molecule has 3 heterocycles. The van der Waals surface area contributed by atoms with E-state index in [-0.39, 0.29) is 12.2 Å². The number of ether oxygens (including phenoxy) is 2. The Balaban J connectivity index is 1.57. The van der Waals surface area contributed by atoms with E-state index in [2.05, 4.69) is 4.98 Å². The maximum atomic E-state index is 12.0. The lowest BCUT2D eigenvalue weighted by atomic mass is 9.80. The number of likely N-dealkylation sites (tertiary alicyclic amines) is 1. The van der Waals surface area contributed by atoms with Crippen LogP contribution in [0.25, 0.3) is 0 Å². The fraction of sp³-hybridized carbons (Fsp3) is 0.684. The van der Waals surface area contributed by atoms with E-state index in [1.165, 1.54) is 0 Å². The number of carbonyl (C=O) groups excluding carboxylic acids is 1. The van der Waals surface area contributed by atoms with E-state index in [1.807, 2.05) is 48.5 Å². The summed E-state index contributed by atoms with van der Waals surface area (Å²) in [6, 6.07) is 1.75. The molecule has 0 atom stereocenters. The summed E-state index contributed by atoms with van der Waals surface area (Å²) in [5, 5.41) is 0.378. The van der Waals surface area contributed by atoms with Gasteiger partial charge in [0.15, 0.2) is 0 Å². The van der Waals surface area contributed by atoms with Crippen molar-refractivity contribution in [2.45, 2.75) is 71.4 Å². The predicted molar refractivity (Wildman–Crippen MR) is 107 cm³/mol. The minimum Gasteiger partial charge on any atom is -0.470 e. The molecule has 0 spiro atoms. The average Bonchev–Trinajstić information content (AvgIpc) is 2.70. The lowest BCUT2D eigenvalue weighted by molar-refractivity contribution is -0.0231. The monoisotopic (exact) mass is 410 g/mol. The van der Waals surface area contributed by atoms with Crippen LogP contribution < -0.4 is 10.2 Å². The Hall–Kier alpha value is -1.51. The molecule has 0 bridgehead atoms. The first kappa shape index (κ1) is 21.2. The van der Waals surface area contributed by atoms with Gasteiger partial charge in [-0.3, -0.25) is 0 Å². The number of halogens is 1. The van der Waals surface area contributed by atoms with Gasteiger partial charge in [-0.25, -0.2) is 9.78 Å². The van der Waals surface area contributed by atoms with Crippen molar-refractivity contribution in [2.24, 2.45) is 0 Å². The molecule has 2 aliphatic rings. The number of hydrogen-bond donors (Lipinski definition) is 0. The maximum Gasteiger partial charge on any atom is 0.496 e. The Morgan fingerprint density at radius 3 is 2.32 bits per heavy atom. The largest absolute Gasteiger partial charge is 0.496 e. The van der Waals surface area contributed by atoms with Crippen molar-refractivity contribution in [3.05, 3.63) is 17.3 Å². The van der Waals surface area contributed by atoms with Gasteiger partial charge in [0.25, 0.3) is 0 Å². The zero-order valence-corrected chi connectivity index (χ0v) is 18.3. The third kappa shape index (κ3) is 4.39. The van der Waals surface area contributed by atoms with Gasteiger partial charge in [-0.2, -0.15) is 0 Å². The minimum absolute atomic E-state index is 0.166. The average molecular weight is 411 g/mol. The van der Waals surface area contributed by atoms with E-state index >= 15 is 0 Å². The molecule has 0 N–H and O–H groups in total. The van der Waals surface area contributed by atoms with Gasteiger partial charge >= 0.3 is 13.2 Å². The molecule has 2 aliphatic heterocycles. The highest BCUT2D eigenvalue weighted by Crippen LogP contribution is 2.36. The van der Waals surface area contributed by atoms with Gasteiger partial charge in [0.2, 0.25) is 5.88 Å². The molecule has 0 unspecified atom stereocenters. The summed E-state index contributed by atoms with van der Waals surface area (Å²) < 4.78 is 23.2. The number of rotatable bonds is 3. The Kier molecular flexibility index (Phi) is 5.36. The number of amides is 1. The van der Waals surface area contributed by atoms with Gasteiger partial charge in [0, 0.05) is 11.7 Å². The van der Waals surface area contributed by atoms with Crippen LogP contribution in [0.3, 0.4) is 0 Å². The Bertz CT molecular complexity index is 743. The first-order chi connectivity index (χ1) is 12.8. The van der Waals surface area contributed by atoms with Crippen molar-refractivity contribution in [1.82, 2.24) is 9.88 Å². The van der Waals surface area contributed by atoms with Crippen molar-refractivity contribution in [2.75, 3.05) is 13.1 Å². The number of carbonyl (C=O) groups is 1. The van der Waals surface area contributed by atoms with E-state index in [0.717, 1.165) is 5.46 Å². The van der Waals surface area contributed by atoms with Crippen LogP contribution >= 0.6 is 11.6 Å². The van der Waals surface area contributed by atoms with Crippen molar-refractivity contribution < 1.29 is 23.6 Å². The van der Waals surface area contributed by atoms with E-state index in [4.69, 9.17) is 30.4 Å². The number of hydrogen-bond acceptors (Lipinski definition) is 6.